The Labute approximate surface area is 226 Å². The summed E-state index contributed by atoms with van der Waals surface area (Å²) in [6.07, 6.45) is -0.658. The van der Waals surface area contributed by atoms with Crippen molar-refractivity contribution in [2.75, 3.05) is 6.61 Å². The van der Waals surface area contributed by atoms with E-state index < -0.39 is 62.2 Å². The number of cyclic esters (lactones) is 1. The second-order valence-electron chi connectivity index (χ2n) is 12.7. The lowest BCUT2D eigenvalue weighted by atomic mass is 9.44. The first-order valence-electron chi connectivity index (χ1n) is 13.5. The van der Waals surface area contributed by atoms with E-state index in [4.69, 9.17) is 13.7 Å². The number of fused-ring (bicyclic) bond motifs is 2. The Morgan fingerprint density at radius 3 is 2.54 bits per heavy atom. The van der Waals surface area contributed by atoms with Crippen LogP contribution in [0.4, 0.5) is 0 Å². The smallest absolute Gasteiger partial charge is 0.335 e. The van der Waals surface area contributed by atoms with E-state index >= 15 is 0 Å². The van der Waals surface area contributed by atoms with Crippen LogP contribution in [0, 0.1) is 28.6 Å². The monoisotopic (exact) mass is 560 g/mol. The van der Waals surface area contributed by atoms with Crippen molar-refractivity contribution in [2.45, 2.75) is 80.9 Å². The van der Waals surface area contributed by atoms with Crippen molar-refractivity contribution in [1.29, 1.82) is 0 Å². The molecule has 0 unspecified atom stereocenters. The third-order valence-electron chi connectivity index (χ3n) is 11.2. The molecule has 0 radical (unpaired) electrons. The molecule has 0 bridgehead atoms. The summed E-state index contributed by atoms with van der Waals surface area (Å²) in [5.41, 5.74) is -2.35. The van der Waals surface area contributed by atoms with Crippen molar-refractivity contribution < 1.29 is 47.0 Å². The minimum Gasteiger partial charge on any atom is -0.478 e. The molecule has 9 atom stereocenters. The molecular weight excluding hydrogens is 528 g/mol. The molecule has 2 spiro atoms. The Morgan fingerprint density at radius 2 is 1.90 bits per heavy atom. The topological polar surface area (TPSA) is 160 Å². The Bertz CT molecular complexity index is 1450. The quantitative estimate of drug-likeness (QED) is 0.276. The molecule has 10 nitrogen and oxygen atoms in total. The van der Waals surface area contributed by atoms with Gasteiger partial charge in [-0.25, -0.2) is 9.59 Å². The van der Waals surface area contributed by atoms with Gasteiger partial charge in [-0.2, -0.15) is 8.42 Å². The minimum atomic E-state index is -4.43. The number of carbonyl (C=O) groups is 2. The fraction of sp³-hybridized carbons (Fsp3) is 0.643. The zero-order valence-corrected chi connectivity index (χ0v) is 22.7. The third kappa shape index (κ3) is 2.83. The fourth-order valence-electron chi connectivity index (χ4n) is 9.19. The molecule has 1 aromatic carbocycles. The van der Waals surface area contributed by atoms with E-state index in [0.717, 1.165) is 11.1 Å². The first-order chi connectivity index (χ1) is 18.3. The number of aliphatic hydroxyl groups is 2. The average Bonchev–Trinajstić information content (AvgIpc) is 3.78. The van der Waals surface area contributed by atoms with E-state index in [9.17, 15) is 33.3 Å². The second-order valence-corrected chi connectivity index (χ2v) is 14.3. The van der Waals surface area contributed by atoms with Crippen LogP contribution in [0.15, 0.2) is 40.3 Å². The Kier molecular flexibility index (Phi) is 4.93. The van der Waals surface area contributed by atoms with Crippen LogP contribution < -0.4 is 0 Å². The summed E-state index contributed by atoms with van der Waals surface area (Å²) in [5, 5.41) is 33.3. The Morgan fingerprint density at radius 1 is 1.21 bits per heavy atom. The predicted octanol–water partition coefficient (Wildman–Crippen LogP) is 2.04. The summed E-state index contributed by atoms with van der Waals surface area (Å²) in [7, 11) is -4.43. The average molecular weight is 561 g/mol. The molecule has 2 aliphatic heterocycles. The molecular formula is C28H32O10S. The number of carbonyl (C=O) groups excluding carboxylic acids is 1. The van der Waals surface area contributed by atoms with Crippen LogP contribution in [0.1, 0.15) is 56.8 Å². The number of carboxylic acid groups (broad SMARTS) is 1. The van der Waals surface area contributed by atoms with Gasteiger partial charge < -0.3 is 24.8 Å². The lowest BCUT2D eigenvalue weighted by Gasteiger charge is -2.60. The molecule has 11 heteroatoms. The number of hydrogen-bond donors (Lipinski definition) is 3. The Balaban J connectivity index is 1.31. The maximum atomic E-state index is 13.5. The highest BCUT2D eigenvalue weighted by Crippen LogP contribution is 2.87. The van der Waals surface area contributed by atoms with E-state index in [1.165, 1.54) is 24.3 Å². The van der Waals surface area contributed by atoms with Crippen molar-refractivity contribution in [3.63, 3.8) is 0 Å². The maximum Gasteiger partial charge on any atom is 0.335 e. The third-order valence-corrected chi connectivity index (χ3v) is 12.5. The number of esters is 1. The van der Waals surface area contributed by atoms with Gasteiger partial charge in [0.1, 0.15) is 30.0 Å². The van der Waals surface area contributed by atoms with Gasteiger partial charge in [0.05, 0.1) is 16.6 Å². The summed E-state index contributed by atoms with van der Waals surface area (Å²) in [6.45, 7) is 5.84. The zero-order chi connectivity index (χ0) is 27.9. The molecule has 210 valence electrons. The summed E-state index contributed by atoms with van der Waals surface area (Å²) in [5.74, 6) is -2.46. The highest BCUT2D eigenvalue weighted by molar-refractivity contribution is 7.86. The lowest BCUT2D eigenvalue weighted by Crippen LogP contribution is -2.73. The van der Waals surface area contributed by atoms with Crippen LogP contribution in [0.3, 0.4) is 0 Å². The summed E-state index contributed by atoms with van der Waals surface area (Å²) >= 11 is 0. The van der Waals surface area contributed by atoms with Gasteiger partial charge in [-0.1, -0.05) is 20.8 Å². The normalized spacial score (nSPS) is 45.5. The summed E-state index contributed by atoms with van der Waals surface area (Å²) in [6, 6.07) is 4.70. The number of carboxylic acids is 1. The van der Waals surface area contributed by atoms with Gasteiger partial charge in [-0.15, -0.1) is 0 Å². The minimum absolute atomic E-state index is 0.0170. The molecule has 0 amide bonds. The van der Waals surface area contributed by atoms with Crippen LogP contribution in [0.2, 0.25) is 0 Å². The van der Waals surface area contributed by atoms with Gasteiger partial charge in [-0.3, -0.25) is 4.18 Å². The van der Waals surface area contributed by atoms with E-state index in [2.05, 4.69) is 6.92 Å². The fourth-order valence-corrected chi connectivity index (χ4v) is 10.3. The van der Waals surface area contributed by atoms with Gasteiger partial charge >= 0.3 is 11.9 Å². The van der Waals surface area contributed by atoms with Crippen LogP contribution in [0.25, 0.3) is 0 Å². The van der Waals surface area contributed by atoms with Crippen LogP contribution in [-0.4, -0.2) is 71.8 Å². The zero-order valence-electron chi connectivity index (χ0n) is 21.9. The molecule has 0 aromatic heterocycles. The standard InChI is InChI=1S/C28H32O10S/c1-13(2)27(33)21(38-39(34,35)15-6-4-14(5-7-15)22(29)30)19-11-26(19)25(3)9-8-16-17(12-36-23(16)31)18(25)10-20-28(26,37-20)24(27)32/h4-7,13,18-21,24,32-33H,8-12H2,1-3H3,(H,29,30)/t18-,19-,20-,21+,24+,25-,26-,27-,28+/m0/s1. The van der Waals surface area contributed by atoms with E-state index in [0.29, 0.717) is 25.7 Å². The lowest BCUT2D eigenvalue weighted by molar-refractivity contribution is -0.239. The number of epoxide rings is 1. The van der Waals surface area contributed by atoms with Crippen molar-refractivity contribution >= 4 is 22.1 Å². The van der Waals surface area contributed by atoms with Gasteiger partial charge in [0.2, 0.25) is 0 Å². The first-order valence-corrected chi connectivity index (χ1v) is 14.9. The van der Waals surface area contributed by atoms with E-state index in [1.807, 2.05) is 0 Å². The second kappa shape index (κ2) is 7.50. The van der Waals surface area contributed by atoms with E-state index in [-0.39, 0.29) is 35.1 Å². The van der Waals surface area contributed by atoms with Gasteiger partial charge in [0.25, 0.3) is 10.1 Å². The van der Waals surface area contributed by atoms with Crippen molar-refractivity contribution in [2.24, 2.45) is 28.6 Å². The molecule has 1 saturated heterocycles. The van der Waals surface area contributed by atoms with Crippen LogP contribution in [-0.2, 0) is 28.6 Å². The number of hydrogen-bond acceptors (Lipinski definition) is 9. The predicted molar refractivity (Wildman–Crippen MR) is 133 cm³/mol. The molecule has 4 fully saturated rings. The first kappa shape index (κ1) is 25.6. The maximum absolute atomic E-state index is 13.5. The summed E-state index contributed by atoms with van der Waals surface area (Å²) < 4.78 is 44.6. The molecule has 3 N–H and O–H groups in total. The van der Waals surface area contributed by atoms with Crippen molar-refractivity contribution in [3.8, 4) is 0 Å². The highest BCUT2D eigenvalue weighted by Gasteiger charge is 2.94. The summed E-state index contributed by atoms with van der Waals surface area (Å²) in [4.78, 5) is 23.4. The molecule has 7 rings (SSSR count). The molecule has 6 aliphatic rings. The number of ether oxygens (including phenoxy) is 2. The SMILES string of the molecule is CC(C)[C@]1(O)[C@H](OS(=O)(=O)c2ccc(C(=O)O)cc2)[C@@H]2C[C@]23[C@]2(O[C@H]2C[C@H]2C4=C(CC[C@@]23C)C(=O)OC4)[C@@H]1O. The highest BCUT2D eigenvalue weighted by atomic mass is 32.2. The molecule has 39 heavy (non-hydrogen) atoms. The molecule has 4 aliphatic carbocycles. The van der Waals surface area contributed by atoms with Crippen LogP contribution >= 0.6 is 0 Å². The van der Waals surface area contributed by atoms with Crippen molar-refractivity contribution in [1.82, 2.24) is 0 Å². The van der Waals surface area contributed by atoms with Crippen LogP contribution in [0.5, 0.6) is 0 Å². The molecule has 2 heterocycles. The number of rotatable bonds is 5. The number of aromatic carboxylic acids is 1. The molecule has 3 saturated carbocycles. The van der Waals surface area contributed by atoms with Crippen molar-refractivity contribution in [3.05, 3.63) is 41.0 Å². The Hall–Kier alpha value is -2.31. The van der Waals surface area contributed by atoms with Gasteiger partial charge in [0, 0.05) is 11.0 Å². The van der Waals surface area contributed by atoms with Gasteiger partial charge in [-0.05, 0) is 78.7 Å². The number of aliphatic hydroxyl groups excluding tert-OH is 1. The molecule has 1 aromatic rings. The number of benzene rings is 1. The van der Waals surface area contributed by atoms with E-state index in [1.54, 1.807) is 13.8 Å². The largest absolute Gasteiger partial charge is 0.478 e. The van der Waals surface area contributed by atoms with Gasteiger partial charge in [0.15, 0.2) is 0 Å².